The fraction of sp³-hybridized carbons (Fsp3) is 0.231. The number of nitrogens with zero attached hydrogens (tertiary/aromatic N) is 5. The average Bonchev–Trinajstić information content (AvgIpc) is 3.02. The summed E-state index contributed by atoms with van der Waals surface area (Å²) in [6.07, 6.45) is 3.52. The van der Waals surface area contributed by atoms with Gasteiger partial charge in [0.05, 0.1) is 6.20 Å². The number of rotatable bonds is 2. The standard InChI is InChI=1S/C13H10BrN5O/c14-10-5-12(20)18(8-10)13-9(6-15)7-17-19(13)11-3-1-2-4-16-11/h1-4,7,10H,5,8H2. The molecule has 0 saturated carbocycles. The van der Waals surface area contributed by atoms with Crippen LogP contribution in [0.2, 0.25) is 0 Å². The normalized spacial score (nSPS) is 18.3. The number of carbonyl (C=O) groups is 1. The van der Waals surface area contributed by atoms with Crippen molar-refractivity contribution in [3.8, 4) is 11.9 Å². The van der Waals surface area contributed by atoms with Crippen molar-refractivity contribution in [1.29, 1.82) is 5.26 Å². The molecule has 3 rings (SSSR count). The van der Waals surface area contributed by atoms with Crippen LogP contribution in [0.3, 0.4) is 0 Å². The van der Waals surface area contributed by atoms with Crippen LogP contribution >= 0.6 is 15.9 Å². The van der Waals surface area contributed by atoms with Gasteiger partial charge in [-0.15, -0.1) is 0 Å². The molecule has 100 valence electrons. The van der Waals surface area contributed by atoms with Crippen LogP contribution in [0, 0.1) is 11.3 Å². The van der Waals surface area contributed by atoms with Crippen LogP contribution in [0.15, 0.2) is 30.6 Å². The molecule has 0 spiro atoms. The number of hydrogen-bond donors (Lipinski definition) is 0. The van der Waals surface area contributed by atoms with Gasteiger partial charge in [-0.25, -0.2) is 4.98 Å². The molecule has 0 radical (unpaired) electrons. The van der Waals surface area contributed by atoms with E-state index in [0.717, 1.165) is 0 Å². The first-order valence-corrected chi connectivity index (χ1v) is 6.96. The van der Waals surface area contributed by atoms with Crippen LogP contribution in [0.5, 0.6) is 0 Å². The molecule has 1 fully saturated rings. The van der Waals surface area contributed by atoms with E-state index in [1.807, 2.05) is 6.07 Å². The Morgan fingerprint density at radius 3 is 2.90 bits per heavy atom. The SMILES string of the molecule is N#Cc1cnn(-c2ccccn2)c1N1CC(Br)CC1=O. The summed E-state index contributed by atoms with van der Waals surface area (Å²) in [6, 6.07) is 7.49. The van der Waals surface area contributed by atoms with Crippen molar-refractivity contribution in [2.75, 3.05) is 11.4 Å². The van der Waals surface area contributed by atoms with Gasteiger partial charge in [0, 0.05) is 24.0 Å². The molecule has 1 aliphatic heterocycles. The Morgan fingerprint density at radius 1 is 1.45 bits per heavy atom. The predicted molar refractivity (Wildman–Crippen MR) is 75.8 cm³/mol. The van der Waals surface area contributed by atoms with Crippen molar-refractivity contribution in [3.05, 3.63) is 36.2 Å². The number of halogens is 1. The maximum Gasteiger partial charge on any atom is 0.229 e. The van der Waals surface area contributed by atoms with Crippen molar-refractivity contribution < 1.29 is 4.79 Å². The van der Waals surface area contributed by atoms with Gasteiger partial charge >= 0.3 is 0 Å². The lowest BCUT2D eigenvalue weighted by Gasteiger charge is -2.17. The second-order valence-corrected chi connectivity index (χ2v) is 5.69. The molecule has 3 heterocycles. The van der Waals surface area contributed by atoms with Gasteiger partial charge in [-0.2, -0.15) is 15.0 Å². The molecule has 1 saturated heterocycles. The molecule has 1 unspecified atom stereocenters. The van der Waals surface area contributed by atoms with Gasteiger partial charge in [-0.3, -0.25) is 9.69 Å². The Labute approximate surface area is 123 Å². The first kappa shape index (κ1) is 12.8. The van der Waals surface area contributed by atoms with E-state index in [0.29, 0.717) is 30.2 Å². The van der Waals surface area contributed by atoms with Gasteiger partial charge in [-0.1, -0.05) is 22.0 Å². The smallest absolute Gasteiger partial charge is 0.229 e. The van der Waals surface area contributed by atoms with Gasteiger partial charge in [0.25, 0.3) is 0 Å². The van der Waals surface area contributed by atoms with Crippen molar-refractivity contribution in [2.24, 2.45) is 0 Å². The zero-order chi connectivity index (χ0) is 14.1. The highest BCUT2D eigenvalue weighted by Crippen LogP contribution is 2.29. The summed E-state index contributed by atoms with van der Waals surface area (Å²) in [5.74, 6) is 1.04. The summed E-state index contributed by atoms with van der Waals surface area (Å²) in [5.41, 5.74) is 0.366. The van der Waals surface area contributed by atoms with Gasteiger partial charge in [0.15, 0.2) is 11.6 Å². The van der Waals surface area contributed by atoms with E-state index in [9.17, 15) is 10.1 Å². The highest BCUT2D eigenvalue weighted by molar-refractivity contribution is 9.09. The third kappa shape index (κ3) is 2.08. The van der Waals surface area contributed by atoms with Crippen molar-refractivity contribution in [3.63, 3.8) is 0 Å². The van der Waals surface area contributed by atoms with Gasteiger partial charge in [-0.05, 0) is 12.1 Å². The molecule has 0 N–H and O–H groups in total. The van der Waals surface area contributed by atoms with E-state index >= 15 is 0 Å². The Kier molecular flexibility index (Phi) is 3.24. The molecule has 20 heavy (non-hydrogen) atoms. The molecular weight excluding hydrogens is 322 g/mol. The third-order valence-corrected chi connectivity index (χ3v) is 3.68. The minimum atomic E-state index is -0.0268. The Morgan fingerprint density at radius 2 is 2.30 bits per heavy atom. The Balaban J connectivity index is 2.12. The predicted octanol–water partition coefficient (Wildman–Crippen LogP) is 1.64. The van der Waals surface area contributed by atoms with Gasteiger partial charge in [0.1, 0.15) is 11.6 Å². The molecule has 0 aliphatic carbocycles. The van der Waals surface area contributed by atoms with Crippen LogP contribution in [0.1, 0.15) is 12.0 Å². The fourth-order valence-electron chi connectivity index (χ4n) is 2.20. The highest BCUT2D eigenvalue weighted by atomic mass is 79.9. The van der Waals surface area contributed by atoms with E-state index < -0.39 is 0 Å². The number of carbonyl (C=O) groups excluding carboxylic acids is 1. The molecule has 2 aromatic heterocycles. The summed E-state index contributed by atoms with van der Waals surface area (Å²) >= 11 is 3.44. The van der Waals surface area contributed by atoms with Crippen molar-refractivity contribution in [2.45, 2.75) is 11.2 Å². The molecule has 0 aromatic carbocycles. The number of anilines is 1. The lowest BCUT2D eigenvalue weighted by molar-refractivity contribution is -0.117. The summed E-state index contributed by atoms with van der Waals surface area (Å²) in [5, 5.41) is 13.4. The van der Waals surface area contributed by atoms with Gasteiger partial charge < -0.3 is 0 Å². The Bertz CT molecular complexity index is 691. The Hall–Kier alpha value is -2.20. The second kappa shape index (κ2) is 5.06. The molecule has 1 amide bonds. The van der Waals surface area contributed by atoms with Crippen LogP contribution in [-0.4, -0.2) is 32.0 Å². The van der Waals surface area contributed by atoms with Crippen LogP contribution in [-0.2, 0) is 4.79 Å². The average molecular weight is 332 g/mol. The topological polar surface area (TPSA) is 74.8 Å². The van der Waals surface area contributed by atoms with E-state index in [4.69, 9.17) is 0 Å². The third-order valence-electron chi connectivity index (χ3n) is 3.06. The number of amides is 1. The minimum Gasteiger partial charge on any atom is -0.294 e. The second-order valence-electron chi connectivity index (χ2n) is 4.40. The molecule has 1 aliphatic rings. The fourth-order valence-corrected chi connectivity index (χ4v) is 2.76. The summed E-state index contributed by atoms with van der Waals surface area (Å²) in [7, 11) is 0. The molecule has 0 bridgehead atoms. The molecule has 2 aromatic rings. The number of hydrogen-bond acceptors (Lipinski definition) is 4. The first-order valence-electron chi connectivity index (χ1n) is 6.04. The maximum atomic E-state index is 12.1. The first-order chi connectivity index (χ1) is 9.70. The minimum absolute atomic E-state index is 0.0268. The lowest BCUT2D eigenvalue weighted by Crippen LogP contribution is -2.28. The number of aromatic nitrogens is 3. The van der Waals surface area contributed by atoms with Crippen LogP contribution in [0.4, 0.5) is 5.82 Å². The molecule has 6 nitrogen and oxygen atoms in total. The summed E-state index contributed by atoms with van der Waals surface area (Å²) in [6.45, 7) is 0.520. The van der Waals surface area contributed by atoms with E-state index in [1.165, 1.54) is 10.9 Å². The van der Waals surface area contributed by atoms with E-state index in [2.05, 4.69) is 32.1 Å². The zero-order valence-corrected chi connectivity index (χ0v) is 12.0. The van der Waals surface area contributed by atoms with Crippen molar-refractivity contribution >= 4 is 27.7 Å². The maximum absolute atomic E-state index is 12.1. The largest absolute Gasteiger partial charge is 0.294 e. The summed E-state index contributed by atoms with van der Waals surface area (Å²) < 4.78 is 1.53. The van der Waals surface area contributed by atoms with Crippen molar-refractivity contribution in [1.82, 2.24) is 14.8 Å². The summed E-state index contributed by atoms with van der Waals surface area (Å²) in [4.78, 5) is 17.9. The monoisotopic (exact) mass is 331 g/mol. The van der Waals surface area contributed by atoms with Crippen LogP contribution < -0.4 is 4.90 Å². The number of alkyl halides is 1. The number of nitriles is 1. The van der Waals surface area contributed by atoms with Gasteiger partial charge in [0.2, 0.25) is 5.91 Å². The van der Waals surface area contributed by atoms with Crippen LogP contribution in [0.25, 0.3) is 5.82 Å². The lowest BCUT2D eigenvalue weighted by atomic mass is 10.3. The number of pyridine rings is 1. The highest BCUT2D eigenvalue weighted by Gasteiger charge is 2.33. The molecular formula is C13H10BrN5O. The molecule has 7 heteroatoms. The van der Waals surface area contributed by atoms with E-state index in [-0.39, 0.29) is 10.7 Å². The molecule has 1 atom stereocenters. The quantitative estimate of drug-likeness (QED) is 0.784. The zero-order valence-electron chi connectivity index (χ0n) is 10.4. The van der Waals surface area contributed by atoms with E-state index in [1.54, 1.807) is 23.2 Å².